The highest BCUT2D eigenvalue weighted by Crippen LogP contribution is 2.27. The summed E-state index contributed by atoms with van der Waals surface area (Å²) in [6.45, 7) is 6.13. The van der Waals surface area contributed by atoms with Crippen LogP contribution in [-0.2, 0) is 4.79 Å². The van der Waals surface area contributed by atoms with Crippen LogP contribution in [0.4, 0.5) is 11.4 Å². The molecule has 1 unspecified atom stereocenters. The first-order valence-corrected chi connectivity index (χ1v) is 8.28. The number of benzene rings is 2. The monoisotopic (exact) mass is 314 g/mol. The van der Waals surface area contributed by atoms with Gasteiger partial charge in [-0.05, 0) is 67.8 Å². The molecule has 3 nitrogen and oxygen atoms in total. The van der Waals surface area contributed by atoms with Crippen LogP contribution in [-0.4, -0.2) is 11.2 Å². The van der Waals surface area contributed by atoms with Crippen molar-refractivity contribution in [2.75, 3.05) is 11.1 Å². The van der Waals surface area contributed by atoms with Crippen molar-refractivity contribution in [1.82, 2.24) is 0 Å². The first-order valence-electron chi connectivity index (χ1n) is 7.40. The summed E-state index contributed by atoms with van der Waals surface area (Å²) < 4.78 is 0. The number of aryl methyl sites for hydroxylation is 2. The van der Waals surface area contributed by atoms with Gasteiger partial charge < -0.3 is 11.1 Å². The summed E-state index contributed by atoms with van der Waals surface area (Å²) in [5.41, 5.74) is 9.68. The molecule has 0 fully saturated rings. The predicted octanol–water partition coefficient (Wildman–Crippen LogP) is 4.40. The molecule has 2 aromatic rings. The van der Waals surface area contributed by atoms with E-state index in [1.807, 2.05) is 56.3 Å². The third-order valence-corrected chi connectivity index (χ3v) is 4.97. The number of rotatable bonds is 5. The maximum Gasteiger partial charge on any atom is 0.237 e. The van der Waals surface area contributed by atoms with Crippen LogP contribution in [0.1, 0.15) is 24.5 Å². The molecule has 0 aliphatic carbocycles. The van der Waals surface area contributed by atoms with Crippen molar-refractivity contribution in [3.63, 3.8) is 0 Å². The average molecular weight is 314 g/mol. The van der Waals surface area contributed by atoms with Gasteiger partial charge in [0.15, 0.2) is 0 Å². The fourth-order valence-corrected chi connectivity index (χ4v) is 3.03. The lowest BCUT2D eigenvalue weighted by Gasteiger charge is -2.15. The van der Waals surface area contributed by atoms with E-state index in [1.165, 1.54) is 11.1 Å². The second-order valence-corrected chi connectivity index (χ2v) is 6.65. The average Bonchev–Trinajstić information content (AvgIpc) is 2.50. The van der Waals surface area contributed by atoms with Crippen molar-refractivity contribution in [2.45, 2.75) is 37.3 Å². The number of nitrogen functional groups attached to an aromatic ring is 1. The highest BCUT2D eigenvalue weighted by Gasteiger charge is 2.18. The molecule has 0 saturated heterocycles. The van der Waals surface area contributed by atoms with Crippen LogP contribution in [0, 0.1) is 13.8 Å². The van der Waals surface area contributed by atoms with E-state index in [2.05, 4.69) is 12.2 Å². The molecule has 1 amide bonds. The highest BCUT2D eigenvalue weighted by atomic mass is 32.2. The van der Waals surface area contributed by atoms with E-state index < -0.39 is 0 Å². The topological polar surface area (TPSA) is 55.1 Å². The molecule has 4 heteroatoms. The van der Waals surface area contributed by atoms with Crippen molar-refractivity contribution >= 4 is 29.0 Å². The Labute approximate surface area is 136 Å². The quantitative estimate of drug-likeness (QED) is 0.635. The number of nitrogens with one attached hydrogen (secondary N) is 1. The van der Waals surface area contributed by atoms with Gasteiger partial charge in [0.1, 0.15) is 0 Å². The second kappa shape index (κ2) is 7.36. The van der Waals surface area contributed by atoms with Gasteiger partial charge >= 0.3 is 0 Å². The molecule has 0 spiro atoms. The van der Waals surface area contributed by atoms with Crippen molar-refractivity contribution in [2.24, 2.45) is 0 Å². The Hall–Kier alpha value is -1.94. The summed E-state index contributed by atoms with van der Waals surface area (Å²) >= 11 is 1.56. The van der Waals surface area contributed by atoms with Crippen LogP contribution in [0.5, 0.6) is 0 Å². The van der Waals surface area contributed by atoms with Gasteiger partial charge in [0.05, 0.1) is 5.25 Å². The normalized spacial score (nSPS) is 12.0. The van der Waals surface area contributed by atoms with E-state index >= 15 is 0 Å². The van der Waals surface area contributed by atoms with Crippen molar-refractivity contribution in [3.8, 4) is 0 Å². The molecule has 0 aliphatic rings. The Morgan fingerprint density at radius 1 is 1.14 bits per heavy atom. The largest absolute Gasteiger partial charge is 0.399 e. The molecule has 0 heterocycles. The van der Waals surface area contributed by atoms with Gasteiger partial charge in [-0.3, -0.25) is 4.79 Å². The summed E-state index contributed by atoms with van der Waals surface area (Å²) in [5.74, 6) is 0.0348. The third-order valence-electron chi connectivity index (χ3n) is 3.60. The molecule has 0 aromatic heterocycles. The van der Waals surface area contributed by atoms with Gasteiger partial charge in [0, 0.05) is 16.3 Å². The predicted molar refractivity (Wildman–Crippen MR) is 95.3 cm³/mol. The number of carbonyl (C=O) groups excluding carboxylic acids is 1. The fraction of sp³-hybridized carbons (Fsp3) is 0.278. The molecule has 116 valence electrons. The van der Waals surface area contributed by atoms with Crippen LogP contribution >= 0.6 is 11.8 Å². The van der Waals surface area contributed by atoms with Crippen molar-refractivity contribution in [1.29, 1.82) is 0 Å². The molecule has 0 radical (unpaired) electrons. The zero-order valence-corrected chi connectivity index (χ0v) is 14.0. The van der Waals surface area contributed by atoms with E-state index in [0.717, 1.165) is 22.7 Å². The molecule has 2 aromatic carbocycles. The number of nitrogens with two attached hydrogens (primary N) is 1. The van der Waals surface area contributed by atoms with Crippen LogP contribution in [0.15, 0.2) is 47.4 Å². The molecule has 1 atom stereocenters. The lowest BCUT2D eigenvalue weighted by molar-refractivity contribution is -0.115. The summed E-state index contributed by atoms with van der Waals surface area (Å²) in [7, 11) is 0. The second-order valence-electron chi connectivity index (χ2n) is 5.37. The first kappa shape index (κ1) is 16.4. The summed E-state index contributed by atoms with van der Waals surface area (Å²) in [5, 5.41) is 2.89. The lowest BCUT2D eigenvalue weighted by Crippen LogP contribution is -2.24. The minimum Gasteiger partial charge on any atom is -0.399 e. The van der Waals surface area contributed by atoms with Gasteiger partial charge in [-0.15, -0.1) is 11.8 Å². The zero-order valence-electron chi connectivity index (χ0n) is 13.2. The summed E-state index contributed by atoms with van der Waals surface area (Å²) in [6, 6.07) is 13.6. The Bertz CT molecular complexity index is 653. The first-order chi connectivity index (χ1) is 10.5. The highest BCUT2D eigenvalue weighted by molar-refractivity contribution is 8.00. The van der Waals surface area contributed by atoms with Crippen molar-refractivity contribution in [3.05, 3.63) is 53.6 Å². The molecular weight excluding hydrogens is 292 g/mol. The van der Waals surface area contributed by atoms with E-state index in [-0.39, 0.29) is 11.2 Å². The number of amides is 1. The van der Waals surface area contributed by atoms with E-state index in [4.69, 9.17) is 5.73 Å². The maximum atomic E-state index is 12.5. The Kier molecular flexibility index (Phi) is 5.50. The van der Waals surface area contributed by atoms with E-state index in [1.54, 1.807) is 11.8 Å². The van der Waals surface area contributed by atoms with Crippen LogP contribution in [0.3, 0.4) is 0 Å². The fourth-order valence-electron chi connectivity index (χ4n) is 2.07. The summed E-state index contributed by atoms with van der Waals surface area (Å²) in [6.07, 6.45) is 0.770. The molecule has 22 heavy (non-hydrogen) atoms. The number of hydrogen-bond donors (Lipinski definition) is 2. The molecule has 0 aliphatic heterocycles. The van der Waals surface area contributed by atoms with Gasteiger partial charge in [0.2, 0.25) is 5.91 Å². The van der Waals surface area contributed by atoms with Gasteiger partial charge in [0.25, 0.3) is 0 Å². The van der Waals surface area contributed by atoms with Gasteiger partial charge in [-0.2, -0.15) is 0 Å². The van der Waals surface area contributed by atoms with Gasteiger partial charge in [-0.25, -0.2) is 0 Å². The molecular formula is C18H22N2OS. The standard InChI is InChI=1S/C18H22N2OS/c1-4-17(22-16-9-6-14(19)7-10-16)18(21)20-15-8-5-12(2)13(3)11-15/h5-11,17H,4,19H2,1-3H3,(H,20,21). The Morgan fingerprint density at radius 3 is 2.41 bits per heavy atom. The maximum absolute atomic E-state index is 12.5. The van der Waals surface area contributed by atoms with Gasteiger partial charge in [-0.1, -0.05) is 13.0 Å². The lowest BCUT2D eigenvalue weighted by atomic mass is 10.1. The van der Waals surface area contributed by atoms with E-state index in [9.17, 15) is 4.79 Å². The number of carbonyl (C=O) groups is 1. The minimum absolute atomic E-state index is 0.0348. The number of hydrogen-bond acceptors (Lipinski definition) is 3. The van der Waals surface area contributed by atoms with E-state index in [0.29, 0.717) is 0 Å². The smallest absolute Gasteiger partial charge is 0.237 e. The Morgan fingerprint density at radius 2 is 1.82 bits per heavy atom. The van der Waals surface area contributed by atoms with Crippen LogP contribution in [0.2, 0.25) is 0 Å². The number of anilines is 2. The third kappa shape index (κ3) is 4.28. The van der Waals surface area contributed by atoms with Crippen LogP contribution < -0.4 is 11.1 Å². The Balaban J connectivity index is 2.04. The molecule has 0 bridgehead atoms. The molecule has 3 N–H and O–H groups in total. The molecule has 0 saturated carbocycles. The minimum atomic E-state index is -0.120. The summed E-state index contributed by atoms with van der Waals surface area (Å²) in [4.78, 5) is 13.5. The molecule has 2 rings (SSSR count). The number of thioether (sulfide) groups is 1. The van der Waals surface area contributed by atoms with Crippen molar-refractivity contribution < 1.29 is 4.79 Å². The zero-order chi connectivity index (χ0) is 16.1. The van der Waals surface area contributed by atoms with Crippen LogP contribution in [0.25, 0.3) is 0 Å². The SMILES string of the molecule is CCC(Sc1ccc(N)cc1)C(=O)Nc1ccc(C)c(C)c1.